The molecular formula is C9H16N2O3S. The average molecular weight is 232 g/mol. The predicted molar refractivity (Wildman–Crippen MR) is 60.0 cm³/mol. The van der Waals surface area contributed by atoms with Gasteiger partial charge in [-0.1, -0.05) is 0 Å². The third kappa shape index (κ3) is 2.26. The van der Waals surface area contributed by atoms with Gasteiger partial charge >= 0.3 is 0 Å². The Morgan fingerprint density at radius 1 is 1.80 bits per heavy atom. The summed E-state index contributed by atoms with van der Waals surface area (Å²) in [6.45, 7) is 3.84. The van der Waals surface area contributed by atoms with Gasteiger partial charge in [0.05, 0.1) is 6.61 Å². The highest BCUT2D eigenvalue weighted by Gasteiger charge is 2.48. The van der Waals surface area contributed by atoms with E-state index in [1.165, 1.54) is 7.05 Å². The van der Waals surface area contributed by atoms with Gasteiger partial charge in [0.25, 0.3) is 0 Å². The largest absolute Gasteiger partial charge is 0.481 e. The second-order valence-electron chi connectivity index (χ2n) is 3.51. The van der Waals surface area contributed by atoms with Gasteiger partial charge < -0.3 is 15.2 Å². The molecule has 0 spiro atoms. The lowest BCUT2D eigenvalue weighted by molar-refractivity contribution is -0.125. The smallest absolute Gasteiger partial charge is 0.235 e. The van der Waals surface area contributed by atoms with Gasteiger partial charge in [-0.2, -0.15) is 0 Å². The van der Waals surface area contributed by atoms with E-state index in [4.69, 9.17) is 4.74 Å². The van der Waals surface area contributed by atoms with Gasteiger partial charge in [0.1, 0.15) is 16.9 Å². The van der Waals surface area contributed by atoms with E-state index < -0.39 is 16.9 Å². The van der Waals surface area contributed by atoms with Crippen LogP contribution in [-0.2, 0) is 9.53 Å². The molecule has 86 valence electrons. The van der Waals surface area contributed by atoms with Gasteiger partial charge in [-0.3, -0.25) is 4.79 Å². The molecule has 0 aromatic heterocycles. The first kappa shape index (κ1) is 12.3. The van der Waals surface area contributed by atoms with Crippen LogP contribution >= 0.6 is 12.6 Å². The summed E-state index contributed by atoms with van der Waals surface area (Å²) in [6.07, 6.45) is -0.970. The fraction of sp³-hybridized carbons (Fsp3) is 0.778. The summed E-state index contributed by atoms with van der Waals surface area (Å²) in [7, 11) is 1.51. The predicted octanol–water partition coefficient (Wildman–Crippen LogP) is -0.196. The number of nitrogens with zero attached hydrogens (tertiary/aromatic N) is 1. The maximum absolute atomic E-state index is 11.5. The Hall–Kier alpha value is -0.750. The third-order valence-electron chi connectivity index (χ3n) is 2.30. The van der Waals surface area contributed by atoms with Crippen LogP contribution in [-0.4, -0.2) is 41.5 Å². The molecule has 5 nitrogen and oxygen atoms in total. The number of amides is 1. The molecule has 1 amide bonds. The molecule has 0 aromatic rings. The number of carbonyl (C=O) groups is 1. The van der Waals surface area contributed by atoms with Crippen molar-refractivity contribution in [2.24, 2.45) is 10.9 Å². The van der Waals surface area contributed by atoms with Crippen LogP contribution in [0.1, 0.15) is 13.8 Å². The van der Waals surface area contributed by atoms with E-state index in [-0.39, 0.29) is 11.8 Å². The molecule has 6 heteroatoms. The first-order valence-electron chi connectivity index (χ1n) is 4.78. The molecule has 0 bridgehead atoms. The quantitative estimate of drug-likeness (QED) is 0.578. The minimum atomic E-state index is -0.971. The zero-order valence-electron chi connectivity index (χ0n) is 9.02. The molecule has 1 rings (SSSR count). The summed E-state index contributed by atoms with van der Waals surface area (Å²) in [4.78, 5) is 14.7. The van der Waals surface area contributed by atoms with Crippen LogP contribution in [0.3, 0.4) is 0 Å². The van der Waals surface area contributed by atoms with E-state index in [1.54, 1.807) is 13.8 Å². The first-order chi connectivity index (χ1) is 6.94. The van der Waals surface area contributed by atoms with Gasteiger partial charge in [0, 0.05) is 7.05 Å². The number of hydrogen-bond acceptors (Lipinski definition) is 5. The van der Waals surface area contributed by atoms with Crippen LogP contribution in [0.4, 0.5) is 0 Å². The van der Waals surface area contributed by atoms with Crippen LogP contribution in [0.5, 0.6) is 0 Å². The summed E-state index contributed by atoms with van der Waals surface area (Å²) >= 11 is 4.19. The van der Waals surface area contributed by atoms with Crippen LogP contribution in [0.2, 0.25) is 0 Å². The zero-order chi connectivity index (χ0) is 11.6. The minimum absolute atomic E-state index is 0.252. The Morgan fingerprint density at radius 2 is 2.40 bits per heavy atom. The number of aliphatic hydroxyl groups excluding tert-OH is 1. The fourth-order valence-electron chi connectivity index (χ4n) is 1.49. The monoisotopic (exact) mass is 232 g/mol. The Balaban J connectivity index is 2.94. The molecule has 3 atom stereocenters. The highest BCUT2D eigenvalue weighted by Crippen LogP contribution is 2.34. The molecule has 1 aliphatic heterocycles. The lowest BCUT2D eigenvalue weighted by Crippen LogP contribution is -2.43. The van der Waals surface area contributed by atoms with E-state index in [2.05, 4.69) is 22.9 Å². The Labute approximate surface area is 94.3 Å². The number of ether oxygens (including phenoxy) is 1. The van der Waals surface area contributed by atoms with E-state index in [1.807, 2.05) is 0 Å². The number of carbonyl (C=O) groups excluding carboxylic acids is 1. The van der Waals surface area contributed by atoms with Crippen LogP contribution < -0.4 is 5.32 Å². The first-order valence-corrected chi connectivity index (χ1v) is 5.23. The van der Waals surface area contributed by atoms with Crippen molar-refractivity contribution in [3.8, 4) is 0 Å². The molecule has 0 aromatic carbocycles. The maximum Gasteiger partial charge on any atom is 0.235 e. The number of thiol groups is 1. The minimum Gasteiger partial charge on any atom is -0.481 e. The molecule has 1 aliphatic rings. The van der Waals surface area contributed by atoms with Crippen molar-refractivity contribution in [2.45, 2.75) is 24.8 Å². The second-order valence-corrected chi connectivity index (χ2v) is 4.42. The molecule has 0 fully saturated rings. The topological polar surface area (TPSA) is 70.9 Å². The van der Waals surface area contributed by atoms with E-state index in [0.29, 0.717) is 6.61 Å². The second kappa shape index (κ2) is 4.40. The van der Waals surface area contributed by atoms with E-state index >= 15 is 0 Å². The standard InChI is InChI=1S/C9H16N2O3S/c1-4-14-8-5(7(13)10-3)6(12)9(2,15)11-8/h5-6,12,15H,4H2,1-3H3,(H,10,13). The highest BCUT2D eigenvalue weighted by atomic mass is 32.1. The molecule has 0 saturated heterocycles. The fourth-order valence-corrected chi connectivity index (χ4v) is 1.74. The van der Waals surface area contributed by atoms with Crippen molar-refractivity contribution in [3.63, 3.8) is 0 Å². The van der Waals surface area contributed by atoms with Crippen molar-refractivity contribution in [3.05, 3.63) is 0 Å². The van der Waals surface area contributed by atoms with Crippen LogP contribution in [0.25, 0.3) is 0 Å². The third-order valence-corrected chi connectivity index (χ3v) is 2.66. The number of hydrogen-bond donors (Lipinski definition) is 3. The average Bonchev–Trinajstić information content (AvgIpc) is 2.38. The maximum atomic E-state index is 11.5. The van der Waals surface area contributed by atoms with Crippen molar-refractivity contribution in [2.75, 3.05) is 13.7 Å². The normalized spacial score (nSPS) is 34.9. The summed E-state index contributed by atoms with van der Waals surface area (Å²) in [5, 5.41) is 12.4. The van der Waals surface area contributed by atoms with E-state index in [0.717, 1.165) is 0 Å². The van der Waals surface area contributed by atoms with Crippen LogP contribution in [0, 0.1) is 5.92 Å². The van der Waals surface area contributed by atoms with Crippen LogP contribution in [0.15, 0.2) is 4.99 Å². The molecule has 0 aliphatic carbocycles. The summed E-state index contributed by atoms with van der Waals surface area (Å²) < 4.78 is 5.22. The number of nitrogens with one attached hydrogen (secondary N) is 1. The Morgan fingerprint density at radius 3 is 2.87 bits per heavy atom. The lowest BCUT2D eigenvalue weighted by atomic mass is 9.99. The lowest BCUT2D eigenvalue weighted by Gasteiger charge is -2.21. The van der Waals surface area contributed by atoms with Gasteiger partial charge in [-0.25, -0.2) is 4.99 Å². The van der Waals surface area contributed by atoms with Crippen molar-refractivity contribution in [1.82, 2.24) is 5.32 Å². The SMILES string of the molecule is CCOC1=NC(C)(S)C(O)C1C(=O)NC. The van der Waals surface area contributed by atoms with Crippen molar-refractivity contribution in [1.29, 1.82) is 0 Å². The molecule has 0 saturated carbocycles. The Kier molecular flexibility index (Phi) is 3.62. The number of aliphatic imine (C=N–C) groups is 1. The molecule has 1 heterocycles. The molecule has 0 radical (unpaired) electrons. The molecular weight excluding hydrogens is 216 g/mol. The number of aliphatic hydroxyl groups is 1. The number of rotatable bonds is 2. The van der Waals surface area contributed by atoms with Crippen molar-refractivity contribution < 1.29 is 14.6 Å². The van der Waals surface area contributed by atoms with E-state index in [9.17, 15) is 9.90 Å². The summed E-state index contributed by atoms with van der Waals surface area (Å²) in [5.41, 5.74) is 0. The Bertz CT molecular complexity index is 291. The molecule has 2 N–H and O–H groups in total. The van der Waals surface area contributed by atoms with Gasteiger partial charge in [0.15, 0.2) is 5.90 Å². The highest BCUT2D eigenvalue weighted by molar-refractivity contribution is 7.81. The summed E-state index contributed by atoms with van der Waals surface area (Å²) in [6, 6.07) is 0. The van der Waals surface area contributed by atoms with Crippen molar-refractivity contribution >= 4 is 24.4 Å². The zero-order valence-corrected chi connectivity index (χ0v) is 9.91. The molecule has 15 heavy (non-hydrogen) atoms. The summed E-state index contributed by atoms with van der Waals surface area (Å²) in [5.74, 6) is -0.827. The molecule has 3 unspecified atom stereocenters. The van der Waals surface area contributed by atoms with Gasteiger partial charge in [-0.05, 0) is 13.8 Å². The van der Waals surface area contributed by atoms with Gasteiger partial charge in [-0.15, -0.1) is 12.6 Å². The van der Waals surface area contributed by atoms with Gasteiger partial charge in [0.2, 0.25) is 5.91 Å².